The fourth-order valence-electron chi connectivity index (χ4n) is 1.94. The SMILES string of the molecule is CCOc1ccc(-n2nnc(C(=O)O)c2C)cc1OCC. The van der Waals surface area contributed by atoms with Crippen LogP contribution in [-0.4, -0.2) is 39.3 Å². The van der Waals surface area contributed by atoms with Crippen LogP contribution in [-0.2, 0) is 0 Å². The first-order valence-electron chi connectivity index (χ1n) is 6.64. The fraction of sp³-hybridized carbons (Fsp3) is 0.357. The summed E-state index contributed by atoms with van der Waals surface area (Å²) in [5.74, 6) is 0.123. The molecule has 0 radical (unpaired) electrons. The summed E-state index contributed by atoms with van der Waals surface area (Å²) in [4.78, 5) is 11.0. The second kappa shape index (κ2) is 6.25. The molecule has 2 rings (SSSR count). The van der Waals surface area contributed by atoms with E-state index in [4.69, 9.17) is 14.6 Å². The van der Waals surface area contributed by atoms with Crippen LogP contribution in [0.2, 0.25) is 0 Å². The molecule has 0 unspecified atom stereocenters. The van der Waals surface area contributed by atoms with Gasteiger partial charge in [-0.15, -0.1) is 5.10 Å². The minimum atomic E-state index is -1.10. The Morgan fingerprint density at radius 3 is 2.48 bits per heavy atom. The van der Waals surface area contributed by atoms with Crippen LogP contribution in [0.25, 0.3) is 5.69 Å². The van der Waals surface area contributed by atoms with Gasteiger partial charge in [0.2, 0.25) is 0 Å². The van der Waals surface area contributed by atoms with E-state index in [-0.39, 0.29) is 5.69 Å². The molecule has 0 spiro atoms. The van der Waals surface area contributed by atoms with Crippen LogP contribution in [0.15, 0.2) is 18.2 Å². The number of hydrogen-bond acceptors (Lipinski definition) is 5. The van der Waals surface area contributed by atoms with E-state index in [1.165, 1.54) is 4.68 Å². The number of nitrogens with zero attached hydrogens (tertiary/aromatic N) is 3. The van der Waals surface area contributed by atoms with Gasteiger partial charge in [0.05, 0.1) is 24.6 Å². The monoisotopic (exact) mass is 291 g/mol. The van der Waals surface area contributed by atoms with Gasteiger partial charge in [-0.1, -0.05) is 5.21 Å². The molecular formula is C14H17N3O4. The normalized spacial score (nSPS) is 10.4. The van der Waals surface area contributed by atoms with Crippen molar-refractivity contribution < 1.29 is 19.4 Å². The summed E-state index contributed by atoms with van der Waals surface area (Å²) in [5.41, 5.74) is 1.05. The quantitative estimate of drug-likeness (QED) is 0.876. The second-order valence-corrected chi connectivity index (χ2v) is 4.24. The molecule has 0 atom stereocenters. The Labute approximate surface area is 122 Å². The Kier molecular flexibility index (Phi) is 4.42. The lowest BCUT2D eigenvalue weighted by Crippen LogP contribution is -2.04. The van der Waals surface area contributed by atoms with Gasteiger partial charge in [-0.05, 0) is 32.9 Å². The Bertz CT molecular complexity index is 652. The third-order valence-corrected chi connectivity index (χ3v) is 2.87. The van der Waals surface area contributed by atoms with Crippen molar-refractivity contribution in [2.75, 3.05) is 13.2 Å². The largest absolute Gasteiger partial charge is 0.490 e. The molecule has 21 heavy (non-hydrogen) atoms. The van der Waals surface area contributed by atoms with Crippen LogP contribution < -0.4 is 9.47 Å². The molecule has 0 amide bonds. The number of aromatic carboxylic acids is 1. The maximum Gasteiger partial charge on any atom is 0.358 e. The number of benzene rings is 1. The van der Waals surface area contributed by atoms with Crippen molar-refractivity contribution in [3.8, 4) is 17.2 Å². The molecule has 0 saturated heterocycles. The third-order valence-electron chi connectivity index (χ3n) is 2.87. The van der Waals surface area contributed by atoms with Crippen molar-refractivity contribution in [1.29, 1.82) is 0 Å². The van der Waals surface area contributed by atoms with E-state index in [0.29, 0.717) is 36.1 Å². The number of hydrogen-bond donors (Lipinski definition) is 1. The van der Waals surface area contributed by atoms with E-state index in [1.54, 1.807) is 25.1 Å². The molecule has 1 heterocycles. The number of rotatable bonds is 6. The highest BCUT2D eigenvalue weighted by molar-refractivity contribution is 5.86. The third kappa shape index (κ3) is 2.96. The van der Waals surface area contributed by atoms with Gasteiger partial charge in [0.15, 0.2) is 17.2 Å². The van der Waals surface area contributed by atoms with Crippen molar-refractivity contribution >= 4 is 5.97 Å². The number of aromatic nitrogens is 3. The Hall–Kier alpha value is -2.57. The Morgan fingerprint density at radius 1 is 1.24 bits per heavy atom. The van der Waals surface area contributed by atoms with Crippen molar-refractivity contribution in [3.05, 3.63) is 29.6 Å². The molecule has 0 fully saturated rings. The van der Waals surface area contributed by atoms with E-state index >= 15 is 0 Å². The molecule has 1 aromatic heterocycles. The number of carbonyl (C=O) groups is 1. The molecule has 1 N–H and O–H groups in total. The van der Waals surface area contributed by atoms with E-state index in [0.717, 1.165) is 0 Å². The van der Waals surface area contributed by atoms with Crippen LogP contribution in [0, 0.1) is 6.92 Å². The predicted octanol–water partition coefficient (Wildman–Crippen LogP) is 2.07. The number of carboxylic acids is 1. The average Bonchev–Trinajstić information content (AvgIpc) is 2.83. The van der Waals surface area contributed by atoms with E-state index < -0.39 is 5.97 Å². The van der Waals surface area contributed by atoms with E-state index in [9.17, 15) is 4.79 Å². The molecule has 7 nitrogen and oxygen atoms in total. The van der Waals surface area contributed by atoms with E-state index in [1.807, 2.05) is 13.8 Å². The zero-order valence-electron chi connectivity index (χ0n) is 12.2. The minimum absolute atomic E-state index is 0.0677. The lowest BCUT2D eigenvalue weighted by molar-refractivity contribution is 0.0689. The van der Waals surface area contributed by atoms with Crippen LogP contribution in [0.5, 0.6) is 11.5 Å². The highest BCUT2D eigenvalue weighted by Gasteiger charge is 2.17. The number of ether oxygens (including phenoxy) is 2. The minimum Gasteiger partial charge on any atom is -0.490 e. The molecular weight excluding hydrogens is 274 g/mol. The molecule has 2 aromatic rings. The van der Waals surface area contributed by atoms with E-state index in [2.05, 4.69) is 10.3 Å². The Morgan fingerprint density at radius 2 is 1.90 bits per heavy atom. The van der Waals surface area contributed by atoms with Gasteiger partial charge in [-0.2, -0.15) is 0 Å². The molecule has 0 bridgehead atoms. The summed E-state index contributed by atoms with van der Waals surface area (Å²) in [6, 6.07) is 5.30. The van der Waals surface area contributed by atoms with Crippen molar-refractivity contribution in [2.24, 2.45) is 0 Å². The van der Waals surface area contributed by atoms with Gasteiger partial charge in [0.25, 0.3) is 0 Å². The zero-order chi connectivity index (χ0) is 15.4. The fourth-order valence-corrected chi connectivity index (χ4v) is 1.94. The maximum absolute atomic E-state index is 11.0. The van der Waals surface area contributed by atoms with Crippen LogP contribution in [0.3, 0.4) is 0 Å². The van der Waals surface area contributed by atoms with Gasteiger partial charge in [0.1, 0.15) is 0 Å². The first kappa shape index (κ1) is 14.8. The van der Waals surface area contributed by atoms with Crippen molar-refractivity contribution in [3.63, 3.8) is 0 Å². The lowest BCUT2D eigenvalue weighted by Gasteiger charge is -2.12. The summed E-state index contributed by atoms with van der Waals surface area (Å²) in [7, 11) is 0. The van der Waals surface area contributed by atoms with Gasteiger partial charge in [-0.25, -0.2) is 9.48 Å². The molecule has 0 saturated carbocycles. The average molecular weight is 291 g/mol. The van der Waals surface area contributed by atoms with Crippen LogP contribution in [0.4, 0.5) is 0 Å². The highest BCUT2D eigenvalue weighted by Crippen LogP contribution is 2.30. The maximum atomic E-state index is 11.0. The number of carboxylic acid groups (broad SMARTS) is 1. The van der Waals surface area contributed by atoms with Gasteiger partial charge in [0, 0.05) is 6.07 Å². The topological polar surface area (TPSA) is 86.5 Å². The smallest absolute Gasteiger partial charge is 0.358 e. The molecule has 1 aromatic carbocycles. The molecule has 0 aliphatic rings. The summed E-state index contributed by atoms with van der Waals surface area (Å²) >= 11 is 0. The van der Waals surface area contributed by atoms with Gasteiger partial charge >= 0.3 is 5.97 Å². The summed E-state index contributed by atoms with van der Waals surface area (Å²) in [6.45, 7) is 6.46. The highest BCUT2D eigenvalue weighted by atomic mass is 16.5. The second-order valence-electron chi connectivity index (χ2n) is 4.24. The predicted molar refractivity (Wildman–Crippen MR) is 75.4 cm³/mol. The summed E-state index contributed by atoms with van der Waals surface area (Å²) < 4.78 is 12.5. The van der Waals surface area contributed by atoms with Gasteiger partial charge < -0.3 is 14.6 Å². The molecule has 7 heteroatoms. The summed E-state index contributed by atoms with van der Waals surface area (Å²) in [6.07, 6.45) is 0. The Balaban J connectivity index is 2.45. The first-order chi connectivity index (χ1) is 10.1. The summed E-state index contributed by atoms with van der Waals surface area (Å²) in [5, 5.41) is 16.6. The van der Waals surface area contributed by atoms with Crippen LogP contribution >= 0.6 is 0 Å². The van der Waals surface area contributed by atoms with Crippen molar-refractivity contribution in [1.82, 2.24) is 15.0 Å². The van der Waals surface area contributed by atoms with Gasteiger partial charge in [-0.3, -0.25) is 0 Å². The van der Waals surface area contributed by atoms with Crippen LogP contribution in [0.1, 0.15) is 30.0 Å². The molecule has 112 valence electrons. The first-order valence-corrected chi connectivity index (χ1v) is 6.64. The lowest BCUT2D eigenvalue weighted by atomic mass is 10.2. The molecule has 0 aliphatic heterocycles. The van der Waals surface area contributed by atoms with Crippen molar-refractivity contribution in [2.45, 2.75) is 20.8 Å². The standard InChI is InChI=1S/C14H17N3O4/c1-4-20-11-7-6-10(8-12(11)21-5-2)17-9(3)13(14(18)19)15-16-17/h6-8H,4-5H2,1-3H3,(H,18,19). The molecule has 0 aliphatic carbocycles. The zero-order valence-corrected chi connectivity index (χ0v) is 12.2.